The van der Waals surface area contributed by atoms with E-state index in [-0.39, 0.29) is 12.1 Å². The van der Waals surface area contributed by atoms with Crippen LogP contribution in [-0.4, -0.2) is 32.2 Å². The maximum atomic E-state index is 12.0. The van der Waals surface area contributed by atoms with Gasteiger partial charge in [0.2, 0.25) is 5.76 Å². The lowest BCUT2D eigenvalue weighted by atomic mass is 10.1. The van der Waals surface area contributed by atoms with Crippen molar-refractivity contribution in [1.82, 2.24) is 0 Å². The van der Waals surface area contributed by atoms with Gasteiger partial charge < -0.3 is 14.1 Å². The minimum absolute atomic E-state index is 0.0319. The van der Waals surface area contributed by atoms with Crippen molar-refractivity contribution in [3.05, 3.63) is 36.1 Å². The van der Waals surface area contributed by atoms with Crippen molar-refractivity contribution in [2.75, 3.05) is 20.1 Å². The first kappa shape index (κ1) is 12.2. The first-order valence-electron chi connectivity index (χ1n) is 6.73. The fourth-order valence-corrected chi connectivity index (χ4v) is 2.49. The van der Waals surface area contributed by atoms with E-state index in [4.69, 9.17) is 9.15 Å². The van der Waals surface area contributed by atoms with E-state index in [1.807, 2.05) is 24.3 Å². The molecule has 0 spiro atoms. The molecule has 1 fully saturated rings. The van der Waals surface area contributed by atoms with Crippen molar-refractivity contribution in [2.24, 2.45) is 0 Å². The molecule has 0 aliphatic carbocycles. The Hall–Kier alpha value is -1.81. The third-order valence-electron chi connectivity index (χ3n) is 3.69. The normalized spacial score (nSPS) is 23.4. The topological polar surface area (TPSA) is 43.9 Å². The molecule has 0 radical (unpaired) electrons. The molecular formula is C15H18NO3+. The van der Waals surface area contributed by atoms with Crippen LogP contribution in [0.1, 0.15) is 23.4 Å². The average molecular weight is 260 g/mol. The minimum Gasteiger partial charge on any atom is -0.456 e. The Morgan fingerprint density at radius 3 is 2.79 bits per heavy atom. The summed E-state index contributed by atoms with van der Waals surface area (Å²) in [6, 6.07) is 9.34. The van der Waals surface area contributed by atoms with Gasteiger partial charge in [-0.25, -0.2) is 4.79 Å². The Balaban J connectivity index is 1.70. The van der Waals surface area contributed by atoms with Gasteiger partial charge in [0.05, 0.1) is 20.1 Å². The number of benzene rings is 1. The van der Waals surface area contributed by atoms with Crippen LogP contribution < -0.4 is 4.90 Å². The van der Waals surface area contributed by atoms with Crippen LogP contribution in [0.15, 0.2) is 34.7 Å². The van der Waals surface area contributed by atoms with E-state index < -0.39 is 0 Å². The largest absolute Gasteiger partial charge is 0.456 e. The maximum Gasteiger partial charge on any atom is 0.374 e. The molecule has 0 atom stereocenters. The van der Waals surface area contributed by atoms with Crippen LogP contribution in [0.5, 0.6) is 0 Å². The Morgan fingerprint density at radius 1 is 1.32 bits per heavy atom. The minimum atomic E-state index is -0.347. The number of para-hydroxylation sites is 1. The predicted molar refractivity (Wildman–Crippen MR) is 71.3 cm³/mol. The molecule has 1 aliphatic rings. The first-order valence-corrected chi connectivity index (χ1v) is 6.73. The van der Waals surface area contributed by atoms with Crippen molar-refractivity contribution >= 4 is 16.9 Å². The second-order valence-electron chi connectivity index (χ2n) is 5.21. The van der Waals surface area contributed by atoms with Crippen LogP contribution in [0.2, 0.25) is 0 Å². The molecule has 2 heterocycles. The van der Waals surface area contributed by atoms with E-state index in [0.29, 0.717) is 5.76 Å². The van der Waals surface area contributed by atoms with Gasteiger partial charge in [0, 0.05) is 18.2 Å². The Bertz CT molecular complexity index is 549. The van der Waals surface area contributed by atoms with Crippen molar-refractivity contribution in [2.45, 2.75) is 18.9 Å². The van der Waals surface area contributed by atoms with Crippen molar-refractivity contribution in [3.8, 4) is 0 Å². The molecule has 1 aliphatic heterocycles. The molecule has 1 aromatic carbocycles. The van der Waals surface area contributed by atoms with E-state index >= 15 is 0 Å². The number of furan rings is 1. The quantitative estimate of drug-likeness (QED) is 0.827. The number of fused-ring (bicyclic) bond motifs is 1. The number of esters is 1. The molecule has 2 aromatic rings. The third-order valence-corrected chi connectivity index (χ3v) is 3.69. The summed E-state index contributed by atoms with van der Waals surface area (Å²) in [5, 5.41) is 0.933. The number of quaternary nitrogens is 1. The molecule has 1 aromatic heterocycles. The Kier molecular flexibility index (Phi) is 3.25. The Labute approximate surface area is 111 Å². The molecule has 4 nitrogen and oxygen atoms in total. The van der Waals surface area contributed by atoms with Crippen molar-refractivity contribution < 1.29 is 18.8 Å². The lowest BCUT2D eigenvalue weighted by Gasteiger charge is -2.25. The van der Waals surface area contributed by atoms with Gasteiger partial charge in [0.15, 0.2) is 0 Å². The number of carbonyl (C=O) groups is 1. The van der Waals surface area contributed by atoms with Gasteiger partial charge in [0.1, 0.15) is 11.7 Å². The number of ether oxygens (including phenoxy) is 1. The van der Waals surface area contributed by atoms with Gasteiger partial charge in [-0.1, -0.05) is 18.2 Å². The fourth-order valence-electron chi connectivity index (χ4n) is 2.49. The van der Waals surface area contributed by atoms with Crippen LogP contribution >= 0.6 is 0 Å². The lowest BCUT2D eigenvalue weighted by Crippen LogP contribution is -3.10. The number of likely N-dealkylation sites (tertiary alicyclic amines) is 1. The van der Waals surface area contributed by atoms with Crippen LogP contribution in [0.4, 0.5) is 0 Å². The van der Waals surface area contributed by atoms with E-state index in [0.717, 1.165) is 36.9 Å². The standard InChI is InChI=1S/C15H17NO3/c1-16-8-6-12(7-9-16)18-15(17)14-10-11-4-2-3-5-13(11)19-14/h2-5,10,12H,6-9H2,1H3/p+1. The van der Waals surface area contributed by atoms with Crippen LogP contribution in [-0.2, 0) is 4.74 Å². The highest BCUT2D eigenvalue weighted by molar-refractivity contribution is 5.92. The monoisotopic (exact) mass is 260 g/mol. The highest BCUT2D eigenvalue weighted by atomic mass is 16.6. The molecular weight excluding hydrogens is 242 g/mol. The third kappa shape index (κ3) is 2.63. The van der Waals surface area contributed by atoms with Gasteiger partial charge in [0.25, 0.3) is 0 Å². The summed E-state index contributed by atoms with van der Waals surface area (Å²) in [6.45, 7) is 2.11. The van der Waals surface area contributed by atoms with E-state index in [1.165, 1.54) is 4.90 Å². The zero-order valence-electron chi connectivity index (χ0n) is 11.0. The molecule has 0 saturated carbocycles. The maximum absolute atomic E-state index is 12.0. The van der Waals surface area contributed by atoms with Crippen LogP contribution in [0.25, 0.3) is 11.0 Å². The lowest BCUT2D eigenvalue weighted by molar-refractivity contribution is -0.885. The molecule has 4 heteroatoms. The number of hydrogen-bond donors (Lipinski definition) is 1. The molecule has 3 rings (SSSR count). The molecule has 0 amide bonds. The molecule has 100 valence electrons. The van der Waals surface area contributed by atoms with E-state index in [9.17, 15) is 4.79 Å². The van der Waals surface area contributed by atoms with Crippen LogP contribution in [0.3, 0.4) is 0 Å². The number of hydrogen-bond acceptors (Lipinski definition) is 3. The van der Waals surface area contributed by atoms with Crippen molar-refractivity contribution in [3.63, 3.8) is 0 Å². The Morgan fingerprint density at radius 2 is 2.05 bits per heavy atom. The summed E-state index contributed by atoms with van der Waals surface area (Å²) in [5.74, 6) is -0.0479. The van der Waals surface area contributed by atoms with Gasteiger partial charge >= 0.3 is 5.97 Å². The van der Waals surface area contributed by atoms with Gasteiger partial charge in [-0.05, 0) is 12.1 Å². The van der Waals surface area contributed by atoms with E-state index in [1.54, 1.807) is 6.07 Å². The number of piperidine rings is 1. The predicted octanol–water partition coefficient (Wildman–Crippen LogP) is 1.27. The summed E-state index contributed by atoms with van der Waals surface area (Å²) in [7, 11) is 2.16. The van der Waals surface area contributed by atoms with Gasteiger partial charge in [-0.15, -0.1) is 0 Å². The zero-order chi connectivity index (χ0) is 13.2. The fraction of sp³-hybridized carbons (Fsp3) is 0.400. The van der Waals surface area contributed by atoms with E-state index in [2.05, 4.69) is 7.05 Å². The molecule has 1 saturated heterocycles. The number of nitrogens with one attached hydrogen (secondary N) is 1. The SMILES string of the molecule is C[NH+]1CCC(OC(=O)c2cc3ccccc3o2)CC1. The number of rotatable bonds is 2. The second-order valence-corrected chi connectivity index (χ2v) is 5.21. The second kappa shape index (κ2) is 5.05. The number of carbonyl (C=O) groups excluding carboxylic acids is 1. The first-order chi connectivity index (χ1) is 9.22. The highest BCUT2D eigenvalue weighted by Gasteiger charge is 2.24. The molecule has 0 bridgehead atoms. The molecule has 19 heavy (non-hydrogen) atoms. The summed E-state index contributed by atoms with van der Waals surface area (Å²) < 4.78 is 11.0. The molecule has 1 N–H and O–H groups in total. The summed E-state index contributed by atoms with van der Waals surface area (Å²) >= 11 is 0. The zero-order valence-corrected chi connectivity index (χ0v) is 11.0. The highest BCUT2D eigenvalue weighted by Crippen LogP contribution is 2.20. The summed E-state index contributed by atoms with van der Waals surface area (Å²) in [5.41, 5.74) is 0.724. The van der Waals surface area contributed by atoms with Gasteiger partial charge in [-0.3, -0.25) is 0 Å². The summed E-state index contributed by atoms with van der Waals surface area (Å²) in [4.78, 5) is 13.5. The summed E-state index contributed by atoms with van der Waals surface area (Å²) in [6.07, 6.45) is 1.89. The smallest absolute Gasteiger partial charge is 0.374 e. The van der Waals surface area contributed by atoms with Crippen molar-refractivity contribution in [1.29, 1.82) is 0 Å². The molecule has 0 unspecified atom stereocenters. The van der Waals surface area contributed by atoms with Gasteiger partial charge in [-0.2, -0.15) is 0 Å². The average Bonchev–Trinajstić information content (AvgIpc) is 2.85. The van der Waals surface area contributed by atoms with Crippen LogP contribution in [0, 0.1) is 0 Å².